The molecule has 0 aliphatic heterocycles. The molecule has 0 radical (unpaired) electrons. The standard InChI is InChI=1S/C12H18N2O2S2/c1-10(12(13)17)9-14-18(15,16)8-7-11-5-3-2-4-6-11/h2-6,10,14H,7-9H2,1H3,(H2,13,17). The van der Waals surface area contributed by atoms with Gasteiger partial charge < -0.3 is 5.73 Å². The van der Waals surface area contributed by atoms with Gasteiger partial charge in [-0.25, -0.2) is 13.1 Å². The van der Waals surface area contributed by atoms with Gasteiger partial charge in [-0.05, 0) is 12.0 Å². The maximum absolute atomic E-state index is 11.7. The lowest BCUT2D eigenvalue weighted by Crippen LogP contribution is -2.35. The van der Waals surface area contributed by atoms with Crippen LogP contribution in [0.15, 0.2) is 30.3 Å². The fourth-order valence-electron chi connectivity index (χ4n) is 1.32. The third-order valence-electron chi connectivity index (χ3n) is 2.60. The Balaban J connectivity index is 2.43. The highest BCUT2D eigenvalue weighted by Gasteiger charge is 2.13. The van der Waals surface area contributed by atoms with Crippen LogP contribution in [0.3, 0.4) is 0 Å². The largest absolute Gasteiger partial charge is 0.393 e. The van der Waals surface area contributed by atoms with Crippen molar-refractivity contribution in [2.45, 2.75) is 13.3 Å². The molecule has 0 fully saturated rings. The van der Waals surface area contributed by atoms with E-state index in [-0.39, 0.29) is 18.2 Å². The van der Waals surface area contributed by atoms with E-state index in [2.05, 4.69) is 4.72 Å². The van der Waals surface area contributed by atoms with Gasteiger partial charge in [0.15, 0.2) is 0 Å². The number of benzene rings is 1. The highest BCUT2D eigenvalue weighted by atomic mass is 32.2. The second-order valence-corrected chi connectivity index (χ2v) is 6.60. The van der Waals surface area contributed by atoms with E-state index < -0.39 is 10.0 Å². The number of sulfonamides is 1. The molecule has 18 heavy (non-hydrogen) atoms. The van der Waals surface area contributed by atoms with Crippen LogP contribution in [0.25, 0.3) is 0 Å². The molecule has 1 aromatic rings. The first-order valence-corrected chi connectivity index (χ1v) is 7.77. The van der Waals surface area contributed by atoms with E-state index in [0.717, 1.165) is 5.56 Å². The Morgan fingerprint density at radius 2 is 2.00 bits per heavy atom. The van der Waals surface area contributed by atoms with Crippen molar-refractivity contribution in [2.24, 2.45) is 11.7 Å². The predicted molar refractivity (Wildman–Crippen MR) is 77.9 cm³/mol. The molecule has 0 heterocycles. The third kappa shape index (κ3) is 5.57. The summed E-state index contributed by atoms with van der Waals surface area (Å²) in [6.07, 6.45) is 0.498. The van der Waals surface area contributed by atoms with Gasteiger partial charge in [0.1, 0.15) is 0 Å². The van der Waals surface area contributed by atoms with Crippen molar-refractivity contribution in [2.75, 3.05) is 12.3 Å². The van der Waals surface area contributed by atoms with Crippen molar-refractivity contribution in [3.8, 4) is 0 Å². The van der Waals surface area contributed by atoms with E-state index in [9.17, 15) is 8.42 Å². The molecule has 3 N–H and O–H groups in total. The number of nitrogens with two attached hydrogens (primary N) is 1. The summed E-state index contributed by atoms with van der Waals surface area (Å²) in [5.41, 5.74) is 6.43. The minimum atomic E-state index is -3.27. The molecule has 1 unspecified atom stereocenters. The van der Waals surface area contributed by atoms with Gasteiger partial charge in [0, 0.05) is 12.5 Å². The summed E-state index contributed by atoms with van der Waals surface area (Å²) in [5, 5.41) is 0. The van der Waals surface area contributed by atoms with Gasteiger partial charge in [-0.3, -0.25) is 0 Å². The summed E-state index contributed by atoms with van der Waals surface area (Å²) >= 11 is 4.79. The van der Waals surface area contributed by atoms with E-state index in [1.165, 1.54) is 0 Å². The molecule has 0 bridgehead atoms. The van der Waals surface area contributed by atoms with Crippen molar-refractivity contribution in [1.82, 2.24) is 4.72 Å². The summed E-state index contributed by atoms with van der Waals surface area (Å²) < 4.78 is 26.0. The third-order valence-corrected chi connectivity index (χ3v) is 4.35. The molecule has 100 valence electrons. The summed E-state index contributed by atoms with van der Waals surface area (Å²) in [4.78, 5) is 0.320. The van der Waals surface area contributed by atoms with Crippen molar-refractivity contribution >= 4 is 27.2 Å². The molecule has 0 amide bonds. The Labute approximate surface area is 114 Å². The van der Waals surface area contributed by atoms with Gasteiger partial charge in [0.25, 0.3) is 0 Å². The van der Waals surface area contributed by atoms with Gasteiger partial charge in [-0.2, -0.15) is 0 Å². The second kappa shape index (κ2) is 6.82. The van der Waals surface area contributed by atoms with Crippen LogP contribution in [-0.2, 0) is 16.4 Å². The van der Waals surface area contributed by atoms with Crippen LogP contribution in [0.2, 0.25) is 0 Å². The van der Waals surface area contributed by atoms with Crippen molar-refractivity contribution in [3.63, 3.8) is 0 Å². The summed E-state index contributed by atoms with van der Waals surface area (Å²) in [5.74, 6) is -0.0624. The van der Waals surface area contributed by atoms with Gasteiger partial charge in [0.2, 0.25) is 10.0 Å². The monoisotopic (exact) mass is 286 g/mol. The van der Waals surface area contributed by atoms with Gasteiger partial charge in [0.05, 0.1) is 10.7 Å². The average molecular weight is 286 g/mol. The van der Waals surface area contributed by atoms with Crippen LogP contribution in [0.4, 0.5) is 0 Å². The number of aryl methyl sites for hydroxylation is 1. The lowest BCUT2D eigenvalue weighted by molar-refractivity contribution is 0.574. The van der Waals surface area contributed by atoms with Crippen LogP contribution in [0.1, 0.15) is 12.5 Å². The summed E-state index contributed by atoms with van der Waals surface area (Å²) in [6, 6.07) is 9.51. The Kier molecular flexibility index (Phi) is 5.71. The van der Waals surface area contributed by atoms with Crippen LogP contribution < -0.4 is 10.5 Å². The SMILES string of the molecule is CC(CNS(=O)(=O)CCc1ccccc1)C(N)=S. The normalized spacial score (nSPS) is 13.2. The lowest BCUT2D eigenvalue weighted by Gasteiger charge is -2.11. The number of nitrogens with one attached hydrogen (secondary N) is 1. The summed E-state index contributed by atoms with van der Waals surface area (Å²) in [6.45, 7) is 2.05. The molecular weight excluding hydrogens is 268 g/mol. The smallest absolute Gasteiger partial charge is 0.211 e. The fraction of sp³-hybridized carbons (Fsp3) is 0.417. The fourth-order valence-corrected chi connectivity index (χ4v) is 2.56. The van der Waals surface area contributed by atoms with E-state index in [1.807, 2.05) is 30.3 Å². The quantitative estimate of drug-likeness (QED) is 0.736. The highest BCUT2D eigenvalue weighted by Crippen LogP contribution is 2.02. The molecule has 4 nitrogen and oxygen atoms in total. The average Bonchev–Trinajstić information content (AvgIpc) is 2.35. The first kappa shape index (κ1) is 15.1. The minimum Gasteiger partial charge on any atom is -0.393 e. The zero-order valence-corrected chi connectivity index (χ0v) is 11.9. The maximum Gasteiger partial charge on any atom is 0.211 e. The number of hydrogen-bond acceptors (Lipinski definition) is 3. The van der Waals surface area contributed by atoms with Crippen LogP contribution >= 0.6 is 12.2 Å². The highest BCUT2D eigenvalue weighted by molar-refractivity contribution is 7.89. The Hall–Kier alpha value is -0.980. The van der Waals surface area contributed by atoms with E-state index in [4.69, 9.17) is 18.0 Å². The van der Waals surface area contributed by atoms with Crippen LogP contribution in [-0.4, -0.2) is 25.7 Å². The van der Waals surface area contributed by atoms with Gasteiger partial charge in [-0.15, -0.1) is 0 Å². The molecule has 0 aromatic heterocycles. The van der Waals surface area contributed by atoms with Gasteiger partial charge >= 0.3 is 0 Å². The van der Waals surface area contributed by atoms with Crippen molar-refractivity contribution in [3.05, 3.63) is 35.9 Å². The van der Waals surface area contributed by atoms with Crippen molar-refractivity contribution in [1.29, 1.82) is 0 Å². The molecular formula is C12H18N2O2S2. The Morgan fingerprint density at radius 1 is 1.39 bits per heavy atom. The molecule has 1 aromatic carbocycles. The summed E-state index contributed by atoms with van der Waals surface area (Å²) in [7, 11) is -3.27. The van der Waals surface area contributed by atoms with E-state index in [0.29, 0.717) is 11.4 Å². The first-order chi connectivity index (χ1) is 8.41. The molecule has 1 rings (SSSR count). The lowest BCUT2D eigenvalue weighted by atomic mass is 10.2. The minimum absolute atomic E-state index is 0.0705. The Bertz CT molecular complexity index is 486. The number of hydrogen-bond donors (Lipinski definition) is 2. The van der Waals surface area contributed by atoms with Crippen LogP contribution in [0.5, 0.6) is 0 Å². The molecule has 0 saturated carbocycles. The van der Waals surface area contributed by atoms with Crippen molar-refractivity contribution < 1.29 is 8.42 Å². The zero-order valence-electron chi connectivity index (χ0n) is 10.3. The topological polar surface area (TPSA) is 72.2 Å². The number of thiocarbonyl (C=S) groups is 1. The molecule has 0 aliphatic rings. The maximum atomic E-state index is 11.7. The second-order valence-electron chi connectivity index (χ2n) is 4.21. The molecule has 0 aliphatic carbocycles. The van der Waals surface area contributed by atoms with Crippen LogP contribution in [0, 0.1) is 5.92 Å². The number of rotatable bonds is 7. The Morgan fingerprint density at radius 3 is 2.56 bits per heavy atom. The molecule has 0 saturated heterocycles. The zero-order chi connectivity index (χ0) is 13.6. The van der Waals surface area contributed by atoms with Gasteiger partial charge in [-0.1, -0.05) is 49.5 Å². The molecule has 0 spiro atoms. The molecule has 1 atom stereocenters. The molecule has 6 heteroatoms. The predicted octanol–water partition coefficient (Wildman–Crippen LogP) is 1.07. The first-order valence-electron chi connectivity index (χ1n) is 5.71. The van der Waals surface area contributed by atoms with E-state index in [1.54, 1.807) is 6.92 Å². The van der Waals surface area contributed by atoms with E-state index >= 15 is 0 Å².